The number of aryl methyl sites for hydroxylation is 2. The number of alkyl halides is 1. The van der Waals surface area contributed by atoms with Crippen LogP contribution in [-0.4, -0.2) is 41.0 Å². The van der Waals surface area contributed by atoms with Crippen LogP contribution in [0.2, 0.25) is 0 Å². The Morgan fingerprint density at radius 2 is 2.32 bits per heavy atom. The largest absolute Gasteiger partial charge is 0.354 e. The van der Waals surface area contributed by atoms with Gasteiger partial charge in [0, 0.05) is 32.3 Å². The van der Waals surface area contributed by atoms with Crippen molar-refractivity contribution in [3.05, 3.63) is 17.0 Å². The van der Waals surface area contributed by atoms with E-state index in [9.17, 15) is 9.18 Å². The molecule has 0 aliphatic carbocycles. The van der Waals surface area contributed by atoms with Gasteiger partial charge in [-0.2, -0.15) is 5.10 Å². The Labute approximate surface area is 112 Å². The van der Waals surface area contributed by atoms with Crippen molar-refractivity contribution in [1.29, 1.82) is 0 Å². The minimum Gasteiger partial charge on any atom is -0.354 e. The topological polar surface area (TPSA) is 59.0 Å². The number of amides is 1. The second-order valence-electron chi connectivity index (χ2n) is 5.11. The van der Waals surface area contributed by atoms with Gasteiger partial charge in [0.05, 0.1) is 11.7 Å². The molecule has 0 radical (unpaired) electrons. The van der Waals surface area contributed by atoms with Crippen molar-refractivity contribution >= 4 is 5.91 Å². The van der Waals surface area contributed by atoms with E-state index in [1.807, 2.05) is 25.6 Å². The van der Waals surface area contributed by atoms with Crippen LogP contribution in [0, 0.1) is 13.8 Å². The lowest BCUT2D eigenvalue weighted by atomic mass is 10.1. The molecule has 1 aliphatic rings. The predicted molar refractivity (Wildman–Crippen MR) is 70.7 cm³/mol. The Morgan fingerprint density at radius 3 is 2.84 bits per heavy atom. The summed E-state index contributed by atoms with van der Waals surface area (Å²) in [7, 11) is 1.91. The van der Waals surface area contributed by atoms with Crippen molar-refractivity contribution in [2.24, 2.45) is 7.05 Å². The van der Waals surface area contributed by atoms with Gasteiger partial charge in [-0.3, -0.25) is 9.48 Å². The van der Waals surface area contributed by atoms with Crippen LogP contribution in [0.25, 0.3) is 0 Å². The number of nitrogens with one attached hydrogen (secondary N) is 2. The van der Waals surface area contributed by atoms with E-state index in [-0.39, 0.29) is 24.9 Å². The van der Waals surface area contributed by atoms with Gasteiger partial charge in [0.25, 0.3) is 0 Å². The van der Waals surface area contributed by atoms with Gasteiger partial charge >= 0.3 is 0 Å². The Hall–Kier alpha value is -1.43. The molecule has 2 rings (SSSR count). The van der Waals surface area contributed by atoms with E-state index < -0.39 is 6.17 Å². The van der Waals surface area contributed by atoms with Crippen LogP contribution in [0.3, 0.4) is 0 Å². The van der Waals surface area contributed by atoms with Crippen molar-refractivity contribution in [2.45, 2.75) is 38.9 Å². The normalized spacial score (nSPS) is 22.7. The molecule has 106 valence electrons. The summed E-state index contributed by atoms with van der Waals surface area (Å²) in [5.74, 6) is -0.112. The Bertz CT molecular complexity index is 471. The fourth-order valence-electron chi connectivity index (χ4n) is 2.51. The predicted octanol–water partition coefficient (Wildman–Crippen LogP) is 0.396. The lowest BCUT2D eigenvalue weighted by Gasteiger charge is -2.10. The maximum Gasteiger partial charge on any atom is 0.237 e. The lowest BCUT2D eigenvalue weighted by Crippen LogP contribution is -2.41. The molecule has 2 atom stereocenters. The molecule has 1 aromatic rings. The Morgan fingerprint density at radius 1 is 1.58 bits per heavy atom. The average molecular weight is 268 g/mol. The Kier molecular flexibility index (Phi) is 4.19. The number of carbonyl (C=O) groups is 1. The molecule has 0 spiro atoms. The van der Waals surface area contributed by atoms with E-state index in [0.29, 0.717) is 6.54 Å². The highest BCUT2D eigenvalue weighted by molar-refractivity contribution is 5.82. The highest BCUT2D eigenvalue weighted by Gasteiger charge is 2.28. The Balaban J connectivity index is 1.82. The molecule has 0 unspecified atom stereocenters. The maximum absolute atomic E-state index is 13.0. The number of aromatic nitrogens is 2. The van der Waals surface area contributed by atoms with Crippen molar-refractivity contribution in [2.75, 3.05) is 13.1 Å². The molecule has 1 aliphatic heterocycles. The standard InChI is InChI=1S/C13H21FN4O/c1-8-11(9(2)18(3)17-8)4-5-15-13(19)12-6-10(14)7-16-12/h10,12,16H,4-7H2,1-3H3,(H,15,19)/t10-,12+/m0/s1. The molecule has 2 heterocycles. The summed E-state index contributed by atoms with van der Waals surface area (Å²) in [6.07, 6.45) is 0.123. The van der Waals surface area contributed by atoms with Crippen molar-refractivity contribution in [3.8, 4) is 0 Å². The molecule has 1 amide bonds. The van der Waals surface area contributed by atoms with Gasteiger partial charge in [0.15, 0.2) is 0 Å². The van der Waals surface area contributed by atoms with Gasteiger partial charge in [0.1, 0.15) is 6.17 Å². The summed E-state index contributed by atoms with van der Waals surface area (Å²) in [4.78, 5) is 11.8. The highest BCUT2D eigenvalue weighted by Crippen LogP contribution is 2.12. The van der Waals surface area contributed by atoms with Crippen molar-refractivity contribution in [3.63, 3.8) is 0 Å². The summed E-state index contributed by atoms with van der Waals surface area (Å²) in [6.45, 7) is 4.82. The zero-order valence-electron chi connectivity index (χ0n) is 11.7. The number of carbonyl (C=O) groups excluding carboxylic acids is 1. The van der Waals surface area contributed by atoms with Crippen LogP contribution in [0.1, 0.15) is 23.4 Å². The van der Waals surface area contributed by atoms with Gasteiger partial charge in [0.2, 0.25) is 5.91 Å². The minimum atomic E-state index is -0.904. The van der Waals surface area contributed by atoms with Crippen LogP contribution >= 0.6 is 0 Å². The van der Waals surface area contributed by atoms with E-state index in [2.05, 4.69) is 15.7 Å². The van der Waals surface area contributed by atoms with Crippen LogP contribution in [0.5, 0.6) is 0 Å². The average Bonchev–Trinajstić information content (AvgIpc) is 2.88. The first-order chi connectivity index (χ1) is 8.99. The molecule has 0 bridgehead atoms. The van der Waals surface area contributed by atoms with Gasteiger partial charge in [-0.15, -0.1) is 0 Å². The molecule has 19 heavy (non-hydrogen) atoms. The maximum atomic E-state index is 13.0. The molecule has 2 N–H and O–H groups in total. The third-order valence-electron chi connectivity index (χ3n) is 3.73. The number of hydrogen-bond acceptors (Lipinski definition) is 3. The van der Waals surface area contributed by atoms with Crippen LogP contribution < -0.4 is 10.6 Å². The molecule has 1 fully saturated rings. The summed E-state index contributed by atoms with van der Waals surface area (Å²) in [6, 6.07) is -0.383. The molecule has 0 saturated carbocycles. The summed E-state index contributed by atoms with van der Waals surface area (Å²) in [5, 5.41) is 10.1. The molecule has 6 heteroatoms. The van der Waals surface area contributed by atoms with Gasteiger partial charge in [-0.1, -0.05) is 0 Å². The fraction of sp³-hybridized carbons (Fsp3) is 0.692. The second kappa shape index (κ2) is 5.69. The summed E-state index contributed by atoms with van der Waals surface area (Å²) < 4.78 is 14.8. The molecule has 0 aromatic carbocycles. The van der Waals surface area contributed by atoms with Gasteiger partial charge < -0.3 is 10.6 Å². The number of halogens is 1. The molecule has 5 nitrogen and oxygen atoms in total. The quantitative estimate of drug-likeness (QED) is 0.831. The first kappa shape index (κ1) is 14.0. The number of hydrogen-bond donors (Lipinski definition) is 2. The molecule has 1 aromatic heterocycles. The number of rotatable bonds is 4. The molecular formula is C13H21FN4O. The minimum absolute atomic E-state index is 0.112. The number of nitrogens with zero attached hydrogens (tertiary/aromatic N) is 2. The second-order valence-corrected chi connectivity index (χ2v) is 5.11. The molecular weight excluding hydrogens is 247 g/mol. The van der Waals surface area contributed by atoms with E-state index in [0.717, 1.165) is 17.8 Å². The highest BCUT2D eigenvalue weighted by atomic mass is 19.1. The smallest absolute Gasteiger partial charge is 0.237 e. The van der Waals surface area contributed by atoms with Gasteiger partial charge in [-0.25, -0.2) is 4.39 Å². The first-order valence-corrected chi connectivity index (χ1v) is 6.63. The van der Waals surface area contributed by atoms with Crippen molar-refractivity contribution < 1.29 is 9.18 Å². The zero-order valence-corrected chi connectivity index (χ0v) is 11.7. The van der Waals surface area contributed by atoms with E-state index in [4.69, 9.17) is 0 Å². The third-order valence-corrected chi connectivity index (χ3v) is 3.73. The van der Waals surface area contributed by atoms with Crippen LogP contribution in [0.4, 0.5) is 4.39 Å². The monoisotopic (exact) mass is 268 g/mol. The van der Waals surface area contributed by atoms with E-state index in [1.54, 1.807) is 0 Å². The molecule has 1 saturated heterocycles. The SMILES string of the molecule is Cc1nn(C)c(C)c1CCNC(=O)[C@H]1C[C@H](F)CN1. The lowest BCUT2D eigenvalue weighted by molar-refractivity contribution is -0.122. The van der Waals surface area contributed by atoms with Crippen LogP contribution in [-0.2, 0) is 18.3 Å². The van der Waals surface area contributed by atoms with E-state index in [1.165, 1.54) is 5.56 Å². The van der Waals surface area contributed by atoms with Crippen LogP contribution in [0.15, 0.2) is 0 Å². The summed E-state index contributed by atoms with van der Waals surface area (Å²) >= 11 is 0. The van der Waals surface area contributed by atoms with E-state index >= 15 is 0 Å². The third kappa shape index (κ3) is 3.12. The zero-order chi connectivity index (χ0) is 14.0. The first-order valence-electron chi connectivity index (χ1n) is 6.63. The fourth-order valence-corrected chi connectivity index (χ4v) is 2.51. The van der Waals surface area contributed by atoms with Gasteiger partial charge in [-0.05, 0) is 25.8 Å². The summed E-state index contributed by atoms with van der Waals surface area (Å²) in [5.41, 5.74) is 3.29. The van der Waals surface area contributed by atoms with Crippen molar-refractivity contribution in [1.82, 2.24) is 20.4 Å².